The van der Waals surface area contributed by atoms with E-state index in [1.165, 1.54) is 36.4 Å². The summed E-state index contributed by atoms with van der Waals surface area (Å²) in [5, 5.41) is 11.4. The maximum absolute atomic E-state index is 13.8. The Labute approximate surface area is 220 Å². The number of esters is 1. The van der Waals surface area contributed by atoms with Crippen LogP contribution in [0.25, 0.3) is 5.76 Å². The fraction of sp³-hybridized carbons (Fsp3) is 0.185. The van der Waals surface area contributed by atoms with E-state index in [9.17, 15) is 23.9 Å². The molecule has 0 radical (unpaired) electrons. The van der Waals surface area contributed by atoms with Crippen LogP contribution in [0.5, 0.6) is 11.5 Å². The molecular weight excluding hydrogens is 515 g/mol. The maximum Gasteiger partial charge on any atom is 0.350 e. The van der Waals surface area contributed by atoms with Crippen molar-refractivity contribution in [2.24, 2.45) is 0 Å². The monoisotopic (exact) mass is 536 g/mol. The lowest BCUT2D eigenvalue weighted by Gasteiger charge is -2.23. The van der Waals surface area contributed by atoms with Crippen LogP contribution in [0, 0.1) is 12.7 Å². The van der Waals surface area contributed by atoms with Crippen LogP contribution in [0.3, 0.4) is 0 Å². The van der Waals surface area contributed by atoms with Gasteiger partial charge in [-0.3, -0.25) is 14.5 Å². The molecule has 2 aliphatic heterocycles. The van der Waals surface area contributed by atoms with Gasteiger partial charge in [0.05, 0.1) is 17.3 Å². The molecule has 1 unspecified atom stereocenters. The van der Waals surface area contributed by atoms with Gasteiger partial charge in [-0.1, -0.05) is 36.1 Å². The quantitative estimate of drug-likeness (QED) is 0.163. The highest BCUT2D eigenvalue weighted by Crippen LogP contribution is 2.44. The average molecular weight is 537 g/mol. The zero-order chi connectivity index (χ0) is 27.0. The molecule has 0 aliphatic carbocycles. The molecule has 0 spiro atoms. The fourth-order valence-corrected chi connectivity index (χ4v) is 5.20. The molecule has 1 atom stereocenters. The minimum absolute atomic E-state index is 0.0128. The first-order valence-electron chi connectivity index (χ1n) is 11.5. The Balaban J connectivity index is 1.64. The first-order chi connectivity index (χ1) is 18.3. The van der Waals surface area contributed by atoms with Gasteiger partial charge in [0.2, 0.25) is 0 Å². The summed E-state index contributed by atoms with van der Waals surface area (Å²) >= 11 is 0.869. The number of aryl methyl sites for hydroxylation is 1. The van der Waals surface area contributed by atoms with Gasteiger partial charge in [-0.2, -0.15) is 0 Å². The van der Waals surface area contributed by atoms with Crippen molar-refractivity contribution in [1.82, 2.24) is 4.98 Å². The third-order valence-electron chi connectivity index (χ3n) is 5.95. The van der Waals surface area contributed by atoms with Crippen molar-refractivity contribution in [2.75, 3.05) is 24.7 Å². The van der Waals surface area contributed by atoms with Gasteiger partial charge in [0.25, 0.3) is 5.78 Å². The van der Waals surface area contributed by atoms with Gasteiger partial charge in [0, 0.05) is 5.56 Å². The molecule has 0 bridgehead atoms. The first-order valence-corrected chi connectivity index (χ1v) is 12.3. The van der Waals surface area contributed by atoms with Gasteiger partial charge in [-0.15, -0.1) is 0 Å². The van der Waals surface area contributed by atoms with E-state index in [2.05, 4.69) is 11.6 Å². The number of amides is 1. The minimum atomic E-state index is -1.15. The van der Waals surface area contributed by atoms with Gasteiger partial charge >= 0.3 is 11.9 Å². The Bertz CT molecular complexity index is 1500. The third-order valence-corrected chi connectivity index (χ3v) is 7.09. The molecule has 2 aliphatic rings. The van der Waals surface area contributed by atoms with E-state index in [4.69, 9.17) is 14.2 Å². The Hall–Kier alpha value is -4.51. The SMILES string of the molecule is C=CCOC(=O)c1sc(N2C(=O)C(=O)/C(=C(/O)c3ccc4c(c3)OCCO4)C2c2ccc(F)cc2)nc1C. The number of aliphatic hydroxyl groups excluding tert-OH is 1. The van der Waals surface area contributed by atoms with Crippen LogP contribution >= 0.6 is 11.3 Å². The van der Waals surface area contributed by atoms with Crippen molar-refractivity contribution in [2.45, 2.75) is 13.0 Å². The van der Waals surface area contributed by atoms with E-state index in [-0.39, 0.29) is 27.8 Å². The molecule has 11 heteroatoms. The maximum atomic E-state index is 13.8. The summed E-state index contributed by atoms with van der Waals surface area (Å²) in [6.07, 6.45) is 1.42. The lowest BCUT2D eigenvalue weighted by molar-refractivity contribution is -0.132. The van der Waals surface area contributed by atoms with Crippen LogP contribution in [0.15, 0.2) is 60.7 Å². The van der Waals surface area contributed by atoms with Gasteiger partial charge in [0.15, 0.2) is 16.6 Å². The number of carbonyl (C=O) groups excluding carboxylic acids is 3. The predicted octanol–water partition coefficient (Wildman–Crippen LogP) is 4.33. The van der Waals surface area contributed by atoms with Crippen LogP contribution in [0.4, 0.5) is 9.52 Å². The number of Topliss-reactive ketones (excluding diaryl/α,β-unsaturated/α-hetero) is 1. The number of ketones is 1. The largest absolute Gasteiger partial charge is 0.507 e. The number of hydrogen-bond acceptors (Lipinski definition) is 9. The van der Waals surface area contributed by atoms with Gasteiger partial charge in [0.1, 0.15) is 36.3 Å². The zero-order valence-electron chi connectivity index (χ0n) is 20.1. The molecule has 3 heterocycles. The van der Waals surface area contributed by atoms with Crippen molar-refractivity contribution >= 4 is 39.9 Å². The topological polar surface area (TPSA) is 115 Å². The molecule has 2 aromatic carbocycles. The molecule has 5 rings (SSSR count). The number of hydrogen-bond donors (Lipinski definition) is 1. The van der Waals surface area contributed by atoms with Crippen molar-refractivity contribution < 1.29 is 38.1 Å². The smallest absolute Gasteiger partial charge is 0.350 e. The number of fused-ring (bicyclic) bond motifs is 1. The minimum Gasteiger partial charge on any atom is -0.507 e. The summed E-state index contributed by atoms with van der Waals surface area (Å²) in [6, 6.07) is 8.70. The van der Waals surface area contributed by atoms with E-state index >= 15 is 0 Å². The Kier molecular flexibility index (Phi) is 6.68. The molecule has 1 N–H and O–H groups in total. The summed E-state index contributed by atoms with van der Waals surface area (Å²) in [5.74, 6) is -2.68. The van der Waals surface area contributed by atoms with Gasteiger partial charge in [-0.25, -0.2) is 14.2 Å². The fourth-order valence-electron chi connectivity index (χ4n) is 4.21. The molecule has 1 amide bonds. The molecular formula is C27H21FN2O7S. The van der Waals surface area contributed by atoms with E-state index in [0.29, 0.717) is 36.0 Å². The number of benzene rings is 2. The molecule has 38 heavy (non-hydrogen) atoms. The molecule has 0 saturated carbocycles. The number of aliphatic hydroxyl groups is 1. The number of ether oxygens (including phenoxy) is 3. The van der Waals surface area contributed by atoms with Crippen LogP contribution in [0.2, 0.25) is 0 Å². The summed E-state index contributed by atoms with van der Waals surface area (Å²) in [4.78, 5) is 44.8. The number of halogens is 1. The van der Waals surface area contributed by atoms with Crippen molar-refractivity contribution in [3.63, 3.8) is 0 Å². The van der Waals surface area contributed by atoms with E-state index in [0.717, 1.165) is 16.2 Å². The van der Waals surface area contributed by atoms with Crippen LogP contribution in [-0.4, -0.2) is 47.6 Å². The number of carbonyl (C=O) groups is 3. The molecule has 1 fully saturated rings. The third kappa shape index (κ3) is 4.41. The molecule has 9 nitrogen and oxygen atoms in total. The standard InChI is InChI=1S/C27H21FN2O7S/c1-3-10-37-26(34)24-14(2)29-27(38-24)30-21(15-4-7-17(28)8-5-15)20(23(32)25(30)33)22(31)16-6-9-18-19(13-16)36-12-11-35-18/h3-9,13,21,31H,1,10-12H2,2H3/b22-20+. The second-order valence-corrected chi connectivity index (χ2v) is 9.35. The van der Waals surface area contributed by atoms with Gasteiger partial charge < -0.3 is 19.3 Å². The zero-order valence-corrected chi connectivity index (χ0v) is 20.9. The highest BCUT2D eigenvalue weighted by Gasteiger charge is 2.48. The molecule has 194 valence electrons. The lowest BCUT2D eigenvalue weighted by atomic mass is 9.95. The number of rotatable bonds is 6. The summed E-state index contributed by atoms with van der Waals surface area (Å²) in [6.45, 7) is 5.77. The highest BCUT2D eigenvalue weighted by atomic mass is 32.1. The van der Waals surface area contributed by atoms with Crippen molar-refractivity contribution in [3.8, 4) is 11.5 Å². The number of anilines is 1. The Morgan fingerprint density at radius 1 is 1.21 bits per heavy atom. The normalized spacial score (nSPS) is 17.9. The highest BCUT2D eigenvalue weighted by molar-refractivity contribution is 7.17. The lowest BCUT2D eigenvalue weighted by Crippen LogP contribution is -2.29. The Morgan fingerprint density at radius 3 is 2.63 bits per heavy atom. The number of nitrogens with zero attached hydrogens (tertiary/aromatic N) is 2. The van der Waals surface area contributed by atoms with E-state index in [1.807, 2.05) is 0 Å². The molecule has 3 aromatic rings. The number of aromatic nitrogens is 1. The summed E-state index contributed by atoms with van der Waals surface area (Å²) in [5.41, 5.74) is 0.657. The van der Waals surface area contributed by atoms with Crippen LogP contribution in [-0.2, 0) is 14.3 Å². The predicted molar refractivity (Wildman–Crippen MR) is 136 cm³/mol. The Morgan fingerprint density at radius 2 is 1.92 bits per heavy atom. The van der Waals surface area contributed by atoms with Crippen molar-refractivity contribution in [3.05, 3.63) is 88.2 Å². The molecule has 1 saturated heterocycles. The summed E-state index contributed by atoms with van der Waals surface area (Å²) in [7, 11) is 0. The van der Waals surface area contributed by atoms with E-state index < -0.39 is 35.3 Å². The van der Waals surface area contributed by atoms with Crippen LogP contribution in [0.1, 0.15) is 32.5 Å². The molecule has 1 aromatic heterocycles. The second kappa shape index (κ2) is 10.1. The number of thiazole rings is 1. The van der Waals surface area contributed by atoms with E-state index in [1.54, 1.807) is 19.1 Å². The van der Waals surface area contributed by atoms with Gasteiger partial charge in [-0.05, 0) is 42.8 Å². The average Bonchev–Trinajstić information content (AvgIpc) is 3.43. The van der Waals surface area contributed by atoms with Crippen LogP contribution < -0.4 is 14.4 Å². The first kappa shape index (κ1) is 25.2. The summed E-state index contributed by atoms with van der Waals surface area (Å²) < 4.78 is 30.0. The van der Waals surface area contributed by atoms with Crippen molar-refractivity contribution in [1.29, 1.82) is 0 Å². The second-order valence-electron chi connectivity index (χ2n) is 8.38.